The van der Waals surface area contributed by atoms with Crippen LogP contribution in [0.25, 0.3) is 0 Å². The Kier molecular flexibility index (Phi) is 7.53. The summed E-state index contributed by atoms with van der Waals surface area (Å²) >= 11 is 1.71. The highest BCUT2D eigenvalue weighted by Crippen LogP contribution is 2.24. The summed E-state index contributed by atoms with van der Waals surface area (Å²) in [4.78, 5) is 5.67. The first-order valence-corrected chi connectivity index (χ1v) is 7.79. The van der Waals surface area contributed by atoms with Gasteiger partial charge in [0, 0.05) is 24.1 Å². The van der Waals surface area contributed by atoms with Crippen molar-refractivity contribution in [3.05, 3.63) is 15.6 Å². The lowest BCUT2D eigenvalue weighted by Gasteiger charge is -2.16. The van der Waals surface area contributed by atoms with Crippen molar-refractivity contribution in [3.8, 4) is 0 Å². The highest BCUT2D eigenvalue weighted by molar-refractivity contribution is 7.11. The molecule has 0 saturated heterocycles. The molecule has 0 aliphatic carbocycles. The number of aromatic nitrogens is 1. The van der Waals surface area contributed by atoms with Crippen molar-refractivity contribution in [1.29, 1.82) is 0 Å². The molecule has 1 aromatic heterocycles. The Balaban J connectivity index is 2.26. The molecule has 0 radical (unpaired) electrons. The van der Waals surface area contributed by atoms with E-state index in [1.807, 2.05) is 13.8 Å². The van der Waals surface area contributed by atoms with E-state index in [0.29, 0.717) is 13.2 Å². The largest absolute Gasteiger partial charge is 0.389 e. The number of aryl methyl sites for hydroxylation is 2. The molecule has 2 unspecified atom stereocenters. The Labute approximate surface area is 120 Å². The fourth-order valence-corrected chi connectivity index (χ4v) is 2.83. The molecular weight excluding hydrogens is 260 g/mol. The lowest BCUT2D eigenvalue weighted by Crippen LogP contribution is -2.32. The minimum atomic E-state index is -0.450. The number of nitrogens with one attached hydrogen (secondary N) is 1. The monoisotopic (exact) mass is 286 g/mol. The van der Waals surface area contributed by atoms with Crippen LogP contribution in [0.2, 0.25) is 0 Å². The maximum Gasteiger partial charge on any atom is 0.0900 e. The predicted octanol–water partition coefficient (Wildman–Crippen LogP) is 2.59. The van der Waals surface area contributed by atoms with Crippen molar-refractivity contribution in [1.82, 2.24) is 10.3 Å². The van der Waals surface area contributed by atoms with Gasteiger partial charge >= 0.3 is 0 Å². The zero-order valence-corrected chi connectivity index (χ0v) is 13.2. The minimum Gasteiger partial charge on any atom is -0.389 e. The van der Waals surface area contributed by atoms with Crippen molar-refractivity contribution in [2.75, 3.05) is 19.8 Å². The van der Waals surface area contributed by atoms with E-state index in [4.69, 9.17) is 4.74 Å². The SMILES string of the molecule is CCCCOCC(O)CNC(C)c1sc(C)nc1C. The average Bonchev–Trinajstić information content (AvgIpc) is 2.71. The molecule has 5 heteroatoms. The van der Waals surface area contributed by atoms with Crippen molar-refractivity contribution < 1.29 is 9.84 Å². The quantitative estimate of drug-likeness (QED) is 0.685. The molecule has 110 valence electrons. The molecule has 0 aliphatic rings. The van der Waals surface area contributed by atoms with Gasteiger partial charge in [-0.25, -0.2) is 4.98 Å². The maximum atomic E-state index is 9.82. The van der Waals surface area contributed by atoms with Gasteiger partial charge in [-0.2, -0.15) is 0 Å². The minimum absolute atomic E-state index is 0.219. The second-order valence-electron chi connectivity index (χ2n) is 4.89. The van der Waals surface area contributed by atoms with E-state index in [9.17, 15) is 5.11 Å². The molecule has 0 aliphatic heterocycles. The normalized spacial score (nSPS) is 14.6. The van der Waals surface area contributed by atoms with Gasteiger partial charge < -0.3 is 15.2 Å². The first-order chi connectivity index (χ1) is 9.04. The number of hydrogen-bond donors (Lipinski definition) is 2. The third-order valence-corrected chi connectivity index (χ3v) is 4.20. The first kappa shape index (κ1) is 16.6. The van der Waals surface area contributed by atoms with Gasteiger partial charge in [-0.05, 0) is 27.2 Å². The number of aliphatic hydroxyl groups excluding tert-OH is 1. The van der Waals surface area contributed by atoms with Crippen LogP contribution in [0.1, 0.15) is 48.3 Å². The molecule has 0 amide bonds. The van der Waals surface area contributed by atoms with Crippen molar-refractivity contribution in [2.45, 2.75) is 52.7 Å². The Hall–Kier alpha value is -0.490. The third kappa shape index (κ3) is 5.99. The van der Waals surface area contributed by atoms with Crippen LogP contribution in [0.5, 0.6) is 0 Å². The van der Waals surface area contributed by atoms with Gasteiger partial charge in [0.2, 0.25) is 0 Å². The van der Waals surface area contributed by atoms with E-state index in [-0.39, 0.29) is 6.04 Å². The van der Waals surface area contributed by atoms with Crippen LogP contribution in [-0.4, -0.2) is 36.0 Å². The predicted molar refractivity (Wildman–Crippen MR) is 79.7 cm³/mol. The molecule has 0 bridgehead atoms. The average molecular weight is 286 g/mol. The molecule has 0 aromatic carbocycles. The topological polar surface area (TPSA) is 54.4 Å². The fraction of sp³-hybridized carbons (Fsp3) is 0.786. The molecular formula is C14H26N2O2S. The third-order valence-electron chi connectivity index (χ3n) is 2.94. The summed E-state index contributed by atoms with van der Waals surface area (Å²) in [6.45, 7) is 9.96. The van der Waals surface area contributed by atoms with Crippen LogP contribution in [0.15, 0.2) is 0 Å². The summed E-state index contributed by atoms with van der Waals surface area (Å²) in [6, 6.07) is 0.219. The van der Waals surface area contributed by atoms with E-state index in [1.165, 1.54) is 4.88 Å². The smallest absolute Gasteiger partial charge is 0.0900 e. The second kappa shape index (κ2) is 8.64. The van der Waals surface area contributed by atoms with Gasteiger partial charge in [0.25, 0.3) is 0 Å². The summed E-state index contributed by atoms with van der Waals surface area (Å²) in [7, 11) is 0. The molecule has 0 fully saturated rings. The summed E-state index contributed by atoms with van der Waals surface area (Å²) in [6.07, 6.45) is 1.72. The summed E-state index contributed by atoms with van der Waals surface area (Å²) in [5, 5.41) is 14.2. The first-order valence-electron chi connectivity index (χ1n) is 6.97. The van der Waals surface area contributed by atoms with Gasteiger partial charge in [-0.1, -0.05) is 13.3 Å². The van der Waals surface area contributed by atoms with E-state index in [2.05, 4.69) is 24.1 Å². The molecule has 0 spiro atoms. The van der Waals surface area contributed by atoms with Gasteiger partial charge in [0.1, 0.15) is 0 Å². The van der Waals surface area contributed by atoms with Gasteiger partial charge in [0.05, 0.1) is 23.4 Å². The van der Waals surface area contributed by atoms with Gasteiger partial charge in [-0.3, -0.25) is 0 Å². The van der Waals surface area contributed by atoms with Crippen LogP contribution >= 0.6 is 11.3 Å². The molecule has 2 N–H and O–H groups in total. The Bertz CT molecular complexity index is 368. The summed E-state index contributed by atoms with van der Waals surface area (Å²) in [5.74, 6) is 0. The number of aliphatic hydroxyl groups is 1. The Morgan fingerprint density at radius 2 is 2.16 bits per heavy atom. The van der Waals surface area contributed by atoms with Crippen molar-refractivity contribution in [3.63, 3.8) is 0 Å². The molecule has 1 heterocycles. The number of hydrogen-bond acceptors (Lipinski definition) is 5. The van der Waals surface area contributed by atoms with E-state index >= 15 is 0 Å². The molecule has 2 atom stereocenters. The zero-order valence-electron chi connectivity index (χ0n) is 12.4. The fourth-order valence-electron chi connectivity index (χ4n) is 1.88. The van der Waals surface area contributed by atoms with Gasteiger partial charge in [0.15, 0.2) is 0 Å². The van der Waals surface area contributed by atoms with Gasteiger partial charge in [-0.15, -0.1) is 11.3 Å². The molecule has 1 aromatic rings. The van der Waals surface area contributed by atoms with Crippen LogP contribution in [0, 0.1) is 13.8 Å². The number of unbranched alkanes of at least 4 members (excludes halogenated alkanes) is 1. The second-order valence-corrected chi connectivity index (χ2v) is 6.13. The van der Waals surface area contributed by atoms with Crippen LogP contribution in [-0.2, 0) is 4.74 Å². The lowest BCUT2D eigenvalue weighted by molar-refractivity contribution is 0.0348. The number of thiazole rings is 1. The van der Waals surface area contributed by atoms with Crippen LogP contribution < -0.4 is 5.32 Å². The maximum absolute atomic E-state index is 9.82. The van der Waals surface area contributed by atoms with E-state index < -0.39 is 6.10 Å². The summed E-state index contributed by atoms with van der Waals surface area (Å²) in [5.41, 5.74) is 1.08. The van der Waals surface area contributed by atoms with Crippen molar-refractivity contribution >= 4 is 11.3 Å². The van der Waals surface area contributed by atoms with Crippen LogP contribution in [0.4, 0.5) is 0 Å². The lowest BCUT2D eigenvalue weighted by atomic mass is 10.2. The molecule has 0 saturated carbocycles. The summed E-state index contributed by atoms with van der Waals surface area (Å²) < 4.78 is 5.40. The number of rotatable bonds is 9. The Morgan fingerprint density at radius 3 is 2.74 bits per heavy atom. The van der Waals surface area contributed by atoms with Crippen molar-refractivity contribution in [2.24, 2.45) is 0 Å². The molecule has 19 heavy (non-hydrogen) atoms. The van der Waals surface area contributed by atoms with E-state index in [0.717, 1.165) is 30.2 Å². The Morgan fingerprint density at radius 1 is 1.42 bits per heavy atom. The van der Waals surface area contributed by atoms with E-state index in [1.54, 1.807) is 11.3 Å². The van der Waals surface area contributed by atoms with Crippen LogP contribution in [0.3, 0.4) is 0 Å². The highest BCUT2D eigenvalue weighted by atomic mass is 32.1. The highest BCUT2D eigenvalue weighted by Gasteiger charge is 2.14. The standard InChI is InChI=1S/C14H26N2O2S/c1-5-6-7-18-9-13(17)8-15-10(2)14-11(3)16-12(4)19-14/h10,13,15,17H,5-9H2,1-4H3. The zero-order chi connectivity index (χ0) is 14.3. The number of nitrogens with zero attached hydrogens (tertiary/aromatic N) is 1. The number of ether oxygens (including phenoxy) is 1. The molecule has 4 nitrogen and oxygen atoms in total. The molecule has 1 rings (SSSR count).